The number of hydrogen-bond acceptors (Lipinski definition) is 1. The first-order chi connectivity index (χ1) is 14.3. The van der Waals surface area contributed by atoms with E-state index in [2.05, 4.69) is 75.1 Å². The minimum atomic E-state index is -1.62. The summed E-state index contributed by atoms with van der Waals surface area (Å²) in [5, 5.41) is 1.34. The first-order valence-electron chi connectivity index (χ1n) is 10.3. The van der Waals surface area contributed by atoms with E-state index in [1.54, 1.807) is 12.1 Å². The van der Waals surface area contributed by atoms with Crippen molar-refractivity contribution in [1.29, 1.82) is 0 Å². The third kappa shape index (κ3) is 4.12. The molecule has 0 aliphatic carbocycles. The zero-order chi connectivity index (χ0) is 21.3. The maximum Gasteiger partial charge on any atom is 0.123 e. The van der Waals surface area contributed by atoms with Crippen LogP contribution in [0, 0.1) is 12.7 Å². The van der Waals surface area contributed by atoms with Gasteiger partial charge in [-0.05, 0) is 70.3 Å². The van der Waals surface area contributed by atoms with Crippen molar-refractivity contribution in [2.45, 2.75) is 26.6 Å². The number of nitrogens with zero attached hydrogens (tertiary/aromatic N) is 1. The molecule has 30 heavy (non-hydrogen) atoms. The average molecular weight is 412 g/mol. The van der Waals surface area contributed by atoms with Crippen molar-refractivity contribution in [1.82, 2.24) is 4.98 Å². The number of aromatic nitrogens is 1. The molecule has 150 valence electrons. The molecule has 0 N–H and O–H groups in total. The summed E-state index contributed by atoms with van der Waals surface area (Å²) in [7, 11) is -1.62. The van der Waals surface area contributed by atoms with E-state index in [0.717, 1.165) is 11.3 Å². The van der Waals surface area contributed by atoms with Gasteiger partial charge in [-0.3, -0.25) is 4.98 Å². The highest BCUT2D eigenvalue weighted by Crippen LogP contribution is 2.31. The van der Waals surface area contributed by atoms with Crippen molar-refractivity contribution in [3.05, 3.63) is 96.4 Å². The molecule has 1 heterocycles. The second-order valence-electron chi connectivity index (χ2n) is 8.77. The monoisotopic (exact) mass is 411 g/mol. The Bertz CT molecular complexity index is 1180. The summed E-state index contributed by atoms with van der Waals surface area (Å²) in [6.45, 7) is 9.21. The van der Waals surface area contributed by atoms with E-state index in [9.17, 15) is 4.39 Å². The van der Waals surface area contributed by atoms with Gasteiger partial charge < -0.3 is 0 Å². The smallest absolute Gasteiger partial charge is 0.123 e. The Morgan fingerprint density at radius 2 is 1.37 bits per heavy atom. The number of benzene rings is 3. The molecule has 0 atom stereocenters. The Hall–Kier alpha value is -3.04. The molecule has 0 saturated heterocycles. The van der Waals surface area contributed by atoms with E-state index >= 15 is 0 Å². The third-order valence-corrected chi connectivity index (χ3v) is 7.49. The van der Waals surface area contributed by atoms with E-state index in [1.165, 1.54) is 45.1 Å². The highest BCUT2D eigenvalue weighted by Gasteiger charge is 2.23. The summed E-state index contributed by atoms with van der Waals surface area (Å²) in [6.07, 6.45) is 2.03. The lowest BCUT2D eigenvalue weighted by molar-refractivity contribution is 0.628. The van der Waals surface area contributed by atoms with Gasteiger partial charge in [0.05, 0.1) is 13.8 Å². The molecule has 4 rings (SSSR count). The van der Waals surface area contributed by atoms with Gasteiger partial charge in [0.25, 0.3) is 0 Å². The Kier molecular flexibility index (Phi) is 5.40. The van der Waals surface area contributed by atoms with Crippen LogP contribution in [0.4, 0.5) is 4.39 Å². The molecular formula is C27H26FNSi. The van der Waals surface area contributed by atoms with Gasteiger partial charge in [-0.15, -0.1) is 0 Å². The summed E-state index contributed by atoms with van der Waals surface area (Å²) >= 11 is 0. The minimum Gasteiger partial charge on any atom is -0.256 e. The molecule has 0 bridgehead atoms. The van der Waals surface area contributed by atoms with E-state index < -0.39 is 8.07 Å². The van der Waals surface area contributed by atoms with Crippen LogP contribution >= 0.6 is 0 Å². The zero-order valence-corrected chi connectivity index (χ0v) is 18.9. The van der Waals surface area contributed by atoms with Gasteiger partial charge in [0, 0.05) is 11.8 Å². The fourth-order valence-corrected chi connectivity index (χ4v) is 5.30. The maximum absolute atomic E-state index is 13.4. The lowest BCUT2D eigenvalue weighted by Gasteiger charge is -2.23. The largest absolute Gasteiger partial charge is 0.256 e. The van der Waals surface area contributed by atoms with Crippen LogP contribution in [-0.4, -0.2) is 13.1 Å². The number of halogens is 1. The molecule has 0 amide bonds. The standard InChI is InChI=1S/C27H26FNSi/c1-19-16-22(20-8-6-5-7-9-20)12-15-24(19)25-17-26(21-10-13-23(28)14-11-21)29-18-27(25)30(2,3)4/h5-18H,1-4H3. The van der Waals surface area contributed by atoms with E-state index in [0.29, 0.717) is 0 Å². The second-order valence-corrected chi connectivity index (χ2v) is 13.8. The SMILES string of the molecule is Cc1cc(-c2ccccc2)ccc1-c1cc(-c2ccc(F)cc2)ncc1[Si](C)(C)C. The summed E-state index contributed by atoms with van der Waals surface area (Å²) in [4.78, 5) is 4.74. The number of aryl methyl sites for hydroxylation is 1. The van der Waals surface area contributed by atoms with Crippen LogP contribution in [0.3, 0.4) is 0 Å². The first-order valence-corrected chi connectivity index (χ1v) is 13.8. The Morgan fingerprint density at radius 1 is 0.700 bits per heavy atom. The molecule has 0 aliphatic heterocycles. The molecule has 1 aromatic heterocycles. The number of hydrogen-bond donors (Lipinski definition) is 0. The quantitative estimate of drug-likeness (QED) is 0.327. The topological polar surface area (TPSA) is 12.9 Å². The summed E-state index contributed by atoms with van der Waals surface area (Å²) < 4.78 is 13.4. The van der Waals surface area contributed by atoms with Gasteiger partial charge in [0.2, 0.25) is 0 Å². The van der Waals surface area contributed by atoms with Crippen molar-refractivity contribution >= 4 is 13.3 Å². The van der Waals surface area contributed by atoms with Gasteiger partial charge in [-0.2, -0.15) is 0 Å². The van der Waals surface area contributed by atoms with E-state index in [4.69, 9.17) is 4.98 Å². The summed E-state index contributed by atoms with van der Waals surface area (Å²) in [5.74, 6) is -0.231. The molecule has 3 heteroatoms. The van der Waals surface area contributed by atoms with Crippen LogP contribution in [-0.2, 0) is 0 Å². The lowest BCUT2D eigenvalue weighted by atomic mass is 9.95. The van der Waals surface area contributed by atoms with Crippen molar-refractivity contribution in [2.75, 3.05) is 0 Å². The molecule has 0 radical (unpaired) electrons. The molecule has 0 fully saturated rings. The van der Waals surface area contributed by atoms with Crippen LogP contribution in [0.5, 0.6) is 0 Å². The second kappa shape index (κ2) is 8.00. The van der Waals surface area contributed by atoms with Gasteiger partial charge in [0.15, 0.2) is 0 Å². The Balaban J connectivity index is 1.85. The van der Waals surface area contributed by atoms with Crippen LogP contribution < -0.4 is 5.19 Å². The normalized spacial score (nSPS) is 11.5. The molecule has 3 aromatic carbocycles. The van der Waals surface area contributed by atoms with Crippen LogP contribution in [0.2, 0.25) is 19.6 Å². The number of pyridine rings is 1. The third-order valence-electron chi connectivity index (χ3n) is 5.48. The Labute approximate surface area is 179 Å². The van der Waals surface area contributed by atoms with Gasteiger partial charge in [-0.1, -0.05) is 68.2 Å². The van der Waals surface area contributed by atoms with E-state index in [1.807, 2.05) is 12.3 Å². The van der Waals surface area contributed by atoms with Crippen molar-refractivity contribution < 1.29 is 4.39 Å². The van der Waals surface area contributed by atoms with Crippen LogP contribution in [0.25, 0.3) is 33.5 Å². The fourth-order valence-electron chi connectivity index (χ4n) is 3.83. The van der Waals surface area contributed by atoms with Crippen LogP contribution in [0.1, 0.15) is 5.56 Å². The maximum atomic E-state index is 13.4. The molecule has 0 unspecified atom stereocenters. The minimum absolute atomic E-state index is 0.231. The van der Waals surface area contributed by atoms with Crippen molar-refractivity contribution in [3.8, 4) is 33.5 Å². The molecule has 1 nitrogen and oxygen atoms in total. The molecule has 0 spiro atoms. The van der Waals surface area contributed by atoms with Crippen molar-refractivity contribution in [3.63, 3.8) is 0 Å². The molecular weight excluding hydrogens is 385 g/mol. The Morgan fingerprint density at radius 3 is 2.00 bits per heavy atom. The zero-order valence-electron chi connectivity index (χ0n) is 17.9. The molecule has 0 saturated carbocycles. The highest BCUT2D eigenvalue weighted by molar-refractivity contribution is 6.89. The lowest BCUT2D eigenvalue weighted by Crippen LogP contribution is -2.39. The van der Waals surface area contributed by atoms with Crippen molar-refractivity contribution in [2.24, 2.45) is 0 Å². The van der Waals surface area contributed by atoms with Gasteiger partial charge in [0.1, 0.15) is 5.82 Å². The van der Waals surface area contributed by atoms with Gasteiger partial charge >= 0.3 is 0 Å². The van der Waals surface area contributed by atoms with Crippen LogP contribution in [0.15, 0.2) is 85.1 Å². The van der Waals surface area contributed by atoms with E-state index in [-0.39, 0.29) is 5.82 Å². The predicted octanol–water partition coefficient (Wildman–Crippen LogP) is 7.08. The average Bonchev–Trinajstić information content (AvgIpc) is 2.74. The fraction of sp³-hybridized carbons (Fsp3) is 0.148. The first kappa shape index (κ1) is 20.2. The number of rotatable bonds is 4. The highest BCUT2D eigenvalue weighted by atomic mass is 28.3. The van der Waals surface area contributed by atoms with Gasteiger partial charge in [-0.25, -0.2) is 4.39 Å². The summed E-state index contributed by atoms with van der Waals surface area (Å²) in [5.41, 5.74) is 7.96. The predicted molar refractivity (Wildman–Crippen MR) is 128 cm³/mol. The summed E-state index contributed by atoms with van der Waals surface area (Å²) in [6, 6.07) is 25.9. The molecule has 4 aromatic rings. The molecule has 0 aliphatic rings.